The van der Waals surface area contributed by atoms with Crippen molar-refractivity contribution >= 4 is 39.7 Å². The van der Waals surface area contributed by atoms with Gasteiger partial charge in [0, 0.05) is 0 Å². The SMILES string of the molecule is ClCCl.O=[P+]([O-])O[P+](=O)[O-].[NH4+].[NH4+]. The van der Waals surface area contributed by atoms with Crippen LogP contribution in [-0.4, -0.2) is 5.34 Å². The van der Waals surface area contributed by atoms with Gasteiger partial charge in [-0.15, -0.1) is 23.2 Å². The Morgan fingerprint density at radius 1 is 1.08 bits per heavy atom. The fraction of sp³-hybridized carbons (Fsp3) is 1.00. The van der Waals surface area contributed by atoms with E-state index in [9.17, 15) is 18.9 Å². The van der Waals surface area contributed by atoms with E-state index in [1.807, 2.05) is 0 Å². The van der Waals surface area contributed by atoms with Gasteiger partial charge in [-0.2, -0.15) is 0 Å². The zero-order chi connectivity index (χ0) is 8.57. The van der Waals surface area contributed by atoms with Gasteiger partial charge in [-0.1, -0.05) is 0 Å². The second-order valence-electron chi connectivity index (χ2n) is 0.630. The molecule has 0 aliphatic carbocycles. The highest BCUT2D eigenvalue weighted by Crippen LogP contribution is 2.24. The number of quaternary nitrogens is 2. The molecule has 0 heterocycles. The Bertz CT molecular complexity index is 112. The zero-order valence-electron chi connectivity index (χ0n) is 6.40. The van der Waals surface area contributed by atoms with E-state index in [1.54, 1.807) is 0 Å². The van der Waals surface area contributed by atoms with Crippen LogP contribution in [0.2, 0.25) is 0 Å². The Kier molecular flexibility index (Phi) is 33.6. The molecule has 2 unspecified atom stereocenters. The average Bonchev–Trinajstić information content (AvgIpc) is 1.62. The van der Waals surface area contributed by atoms with Crippen molar-refractivity contribution in [1.82, 2.24) is 12.3 Å². The summed E-state index contributed by atoms with van der Waals surface area (Å²) in [4.78, 5) is 18.5. The van der Waals surface area contributed by atoms with Gasteiger partial charge in [0.25, 0.3) is 0 Å². The molecule has 0 aromatic carbocycles. The van der Waals surface area contributed by atoms with Gasteiger partial charge in [-0.3, -0.25) is 0 Å². The number of alkyl halides is 2. The molecule has 0 aromatic rings. The molecule has 7 nitrogen and oxygen atoms in total. The van der Waals surface area contributed by atoms with Crippen molar-refractivity contribution in [2.24, 2.45) is 0 Å². The first-order valence-electron chi connectivity index (χ1n) is 1.63. The van der Waals surface area contributed by atoms with Gasteiger partial charge in [0.1, 0.15) is 4.31 Å². The molecule has 0 aromatic heterocycles. The molecule has 0 radical (unpaired) electrons. The molecule has 0 saturated heterocycles. The summed E-state index contributed by atoms with van der Waals surface area (Å²) in [6.07, 6.45) is 0. The van der Waals surface area contributed by atoms with Gasteiger partial charge >= 0.3 is 16.5 Å². The van der Waals surface area contributed by atoms with Crippen LogP contribution in [0.25, 0.3) is 0 Å². The van der Waals surface area contributed by atoms with Gasteiger partial charge in [0.05, 0.1) is 5.34 Å². The third-order valence-electron chi connectivity index (χ3n) is 0.133. The number of hydrogen-bond donors (Lipinski definition) is 2. The van der Waals surface area contributed by atoms with Crippen molar-refractivity contribution < 1.29 is 23.2 Å². The van der Waals surface area contributed by atoms with Crippen LogP contribution in [-0.2, 0) is 13.4 Å². The summed E-state index contributed by atoms with van der Waals surface area (Å²) in [5.74, 6) is 0. The van der Waals surface area contributed by atoms with Crippen LogP contribution in [0.5, 0.6) is 0 Å². The second-order valence-corrected chi connectivity index (χ2v) is 2.99. The Labute approximate surface area is 81.1 Å². The standard InChI is InChI=1S/CH2Cl2.2H3N.O5P2/c2-1-3;;;1-6(2)5-7(3)4/h1H2;2*1H3;/p+2. The van der Waals surface area contributed by atoms with Crippen LogP contribution in [0.1, 0.15) is 0 Å². The smallest absolute Gasteiger partial charge is 0.543 e. The highest BCUT2D eigenvalue weighted by Gasteiger charge is 2.13. The minimum Gasteiger partial charge on any atom is -0.563 e. The molecule has 0 saturated carbocycles. The average molecular weight is 263 g/mol. The molecule has 0 fully saturated rings. The molecule has 76 valence electrons. The topological polar surface area (TPSA) is 162 Å². The summed E-state index contributed by atoms with van der Waals surface area (Å²) in [5, 5.41) is 0.194. The monoisotopic (exact) mass is 262 g/mol. The molecule has 8 N–H and O–H groups in total. The van der Waals surface area contributed by atoms with Gasteiger partial charge in [0.15, 0.2) is 0 Å². The highest BCUT2D eigenvalue weighted by molar-refractivity contribution is 7.44. The molecule has 0 spiro atoms. The van der Waals surface area contributed by atoms with E-state index in [0.717, 1.165) is 0 Å². The van der Waals surface area contributed by atoms with E-state index < -0.39 is 16.5 Å². The number of rotatable bonds is 2. The van der Waals surface area contributed by atoms with Gasteiger partial charge in [0.2, 0.25) is 0 Å². The van der Waals surface area contributed by atoms with Crippen LogP contribution >= 0.6 is 39.7 Å². The Hall–Kier alpha value is 0.580. The lowest BCUT2D eigenvalue weighted by molar-refractivity contribution is -0.198. The molecule has 0 bridgehead atoms. The lowest BCUT2D eigenvalue weighted by atomic mass is 11.9. The van der Waals surface area contributed by atoms with Gasteiger partial charge in [-0.05, 0) is 9.13 Å². The summed E-state index contributed by atoms with van der Waals surface area (Å²) >= 11 is 9.53. The zero-order valence-corrected chi connectivity index (χ0v) is 9.70. The fourth-order valence-electron chi connectivity index (χ4n) is 0.0544. The molecule has 12 heavy (non-hydrogen) atoms. The summed E-state index contributed by atoms with van der Waals surface area (Å²) in [5.41, 5.74) is 0. The fourth-order valence-corrected chi connectivity index (χ4v) is 0.490. The Balaban J connectivity index is -0.0000000569. The minimum absolute atomic E-state index is 0. The first-order chi connectivity index (χ1) is 4.54. The third kappa shape index (κ3) is 46.3. The van der Waals surface area contributed by atoms with E-state index in [4.69, 9.17) is 23.2 Å². The van der Waals surface area contributed by atoms with Crippen molar-refractivity contribution in [2.75, 3.05) is 5.34 Å². The summed E-state index contributed by atoms with van der Waals surface area (Å²) in [6.45, 7) is 0. The van der Waals surface area contributed by atoms with Crippen LogP contribution in [0.4, 0.5) is 0 Å². The van der Waals surface area contributed by atoms with E-state index in [1.165, 1.54) is 0 Å². The quantitative estimate of drug-likeness (QED) is 0.563. The molecule has 0 aliphatic heterocycles. The highest BCUT2D eigenvalue weighted by atomic mass is 35.5. The maximum absolute atomic E-state index is 9.24. The van der Waals surface area contributed by atoms with E-state index in [-0.39, 0.29) is 17.6 Å². The maximum atomic E-state index is 9.24. The predicted octanol–water partition coefficient (Wildman–Crippen LogP) is 1.21. The number of hydrogen-bond acceptors (Lipinski definition) is 5. The number of halogens is 2. The lowest BCUT2D eigenvalue weighted by Crippen LogP contribution is -1.90. The van der Waals surface area contributed by atoms with E-state index >= 15 is 0 Å². The molecule has 2 atom stereocenters. The Morgan fingerprint density at radius 3 is 1.25 bits per heavy atom. The van der Waals surface area contributed by atoms with Crippen molar-refractivity contribution in [2.45, 2.75) is 0 Å². The van der Waals surface area contributed by atoms with Crippen molar-refractivity contribution in [3.05, 3.63) is 0 Å². The molecular weight excluding hydrogens is 253 g/mol. The van der Waals surface area contributed by atoms with Gasteiger partial charge in [-0.25, -0.2) is 0 Å². The Morgan fingerprint density at radius 2 is 1.25 bits per heavy atom. The van der Waals surface area contributed by atoms with Crippen LogP contribution in [0.3, 0.4) is 0 Å². The van der Waals surface area contributed by atoms with E-state index in [2.05, 4.69) is 4.31 Å². The van der Waals surface area contributed by atoms with Crippen molar-refractivity contribution in [3.63, 3.8) is 0 Å². The molecule has 0 aliphatic rings. The first-order valence-corrected chi connectivity index (χ1v) is 4.89. The maximum Gasteiger partial charge on any atom is 0.543 e. The minimum atomic E-state index is -3.24. The second kappa shape index (κ2) is 17.6. The molecule has 0 rings (SSSR count). The van der Waals surface area contributed by atoms with Crippen LogP contribution < -0.4 is 22.1 Å². The molecular formula is CH10Cl2N2O5P2+2. The predicted molar refractivity (Wildman–Crippen MR) is 44.8 cm³/mol. The lowest BCUT2D eigenvalue weighted by Gasteiger charge is -1.72. The summed E-state index contributed by atoms with van der Waals surface area (Å²) < 4.78 is 21.6. The first kappa shape index (κ1) is 22.9. The van der Waals surface area contributed by atoms with Crippen molar-refractivity contribution in [1.29, 1.82) is 0 Å². The summed E-state index contributed by atoms with van der Waals surface area (Å²) in [6, 6.07) is 0. The van der Waals surface area contributed by atoms with Crippen LogP contribution in [0, 0.1) is 0 Å². The molecule has 11 heteroatoms. The largest absolute Gasteiger partial charge is 0.563 e. The summed E-state index contributed by atoms with van der Waals surface area (Å²) in [7, 11) is -6.47. The normalized spacial score (nSPS) is 9.33. The van der Waals surface area contributed by atoms with E-state index in [0.29, 0.717) is 0 Å². The van der Waals surface area contributed by atoms with Crippen molar-refractivity contribution in [3.8, 4) is 0 Å². The van der Waals surface area contributed by atoms with Crippen LogP contribution in [0.15, 0.2) is 0 Å². The van der Waals surface area contributed by atoms with Gasteiger partial charge < -0.3 is 22.1 Å². The third-order valence-corrected chi connectivity index (χ3v) is 1.20. The molecule has 0 amide bonds.